The van der Waals surface area contributed by atoms with E-state index in [9.17, 15) is 12.9 Å². The number of aryl methyl sites for hydroxylation is 2. The number of hydrogen-bond donors (Lipinski definition) is 0. The van der Waals surface area contributed by atoms with Crippen LogP contribution in [0.5, 0.6) is 0 Å². The number of benzene rings is 8. The van der Waals surface area contributed by atoms with Crippen LogP contribution in [0.1, 0.15) is 73.9 Å². The molecule has 0 spiro atoms. The third-order valence-electron chi connectivity index (χ3n) is 15.5. The molecule has 8 aromatic rings. The van der Waals surface area contributed by atoms with E-state index in [0.29, 0.717) is 0 Å². The van der Waals surface area contributed by atoms with E-state index in [0.717, 1.165) is 50.1 Å². The van der Waals surface area contributed by atoms with E-state index in [4.69, 9.17) is 0 Å². The quantitative estimate of drug-likeness (QED) is 0.0767. The molecule has 2 heterocycles. The lowest BCUT2D eigenvalue weighted by Crippen LogP contribution is -3.00. The van der Waals surface area contributed by atoms with E-state index in [-0.39, 0.29) is 15.5 Å². The fraction of sp³-hybridized carbons (Fsp3) is 0.209. The Kier molecular flexibility index (Phi) is 15.3. The number of hydrogen-bond acceptors (Lipinski definition) is 2. The van der Waals surface area contributed by atoms with Crippen molar-refractivity contribution in [2.75, 3.05) is 22.9 Å². The van der Waals surface area contributed by atoms with Crippen LogP contribution < -0.4 is 19.1 Å². The maximum Gasteiger partial charge on any atom is 0.762 e. The smallest absolute Gasteiger partial charge is 0.762 e. The van der Waals surface area contributed by atoms with Crippen molar-refractivity contribution in [2.45, 2.75) is 78.1 Å². The number of halogens is 4. The Hall–Kier alpha value is -7.71. The number of fused-ring (bicyclic) bond motifs is 4. The molecule has 8 aromatic carbocycles. The van der Waals surface area contributed by atoms with Crippen LogP contribution in [0.15, 0.2) is 229 Å². The number of rotatable bonds is 10. The van der Waals surface area contributed by atoms with Crippen molar-refractivity contribution in [3.05, 3.63) is 262 Å². The third-order valence-corrected chi connectivity index (χ3v) is 15.5. The van der Waals surface area contributed by atoms with Crippen LogP contribution in [-0.4, -0.2) is 26.3 Å². The summed E-state index contributed by atoms with van der Waals surface area (Å²) in [6, 6.07) is 67.2. The van der Waals surface area contributed by atoms with E-state index >= 15 is 0 Å². The van der Waals surface area contributed by atoms with Gasteiger partial charge in [0.2, 0.25) is 17.1 Å². The maximum absolute atomic E-state index is 9.67. The lowest BCUT2D eigenvalue weighted by molar-refractivity contribution is -0.0000176. The number of anilines is 2. The van der Waals surface area contributed by atoms with Crippen LogP contribution >= 0.6 is 0 Å². The van der Waals surface area contributed by atoms with Crippen molar-refractivity contribution < 1.29 is 17.7 Å². The minimum atomic E-state index is -3.67. The van der Waals surface area contributed by atoms with Gasteiger partial charge in [0.1, 0.15) is 0 Å². The average Bonchev–Trinajstić information content (AvgIpc) is 3.98. The van der Waals surface area contributed by atoms with Gasteiger partial charge in [-0.25, -0.2) is 0 Å². The lowest BCUT2D eigenvalue weighted by Gasteiger charge is -2.27. The van der Waals surface area contributed by atoms with Gasteiger partial charge >= 0.3 is 7.54 Å². The minimum absolute atomic E-state index is 0. The summed E-state index contributed by atoms with van der Waals surface area (Å²) in [4.78, 5) is 5.23. The molecule has 75 heavy (non-hydrogen) atoms. The van der Waals surface area contributed by atoms with Crippen LogP contribution in [0.25, 0.3) is 21.5 Å². The molecular formula is C67H64BF4N3. The van der Waals surface area contributed by atoms with E-state index in [1.807, 2.05) is 0 Å². The highest BCUT2D eigenvalue weighted by Crippen LogP contribution is 2.50. The van der Waals surface area contributed by atoms with E-state index in [1.54, 1.807) is 0 Å². The lowest BCUT2D eigenvalue weighted by atomic mass is 9.83. The van der Waals surface area contributed by atoms with Crippen molar-refractivity contribution >= 4 is 57.6 Å². The molecule has 0 aromatic heterocycles. The molecule has 3 aliphatic rings. The number of allylic oxidation sites excluding steroid dienone is 8. The molecule has 1 saturated carbocycles. The van der Waals surface area contributed by atoms with Crippen molar-refractivity contribution in [3.8, 4) is 0 Å². The van der Waals surface area contributed by atoms with Crippen molar-refractivity contribution in [3.63, 3.8) is 0 Å². The van der Waals surface area contributed by atoms with Gasteiger partial charge in [-0.3, -0.25) is 12.9 Å². The molecule has 0 saturated heterocycles. The summed E-state index contributed by atoms with van der Waals surface area (Å²) in [6.45, 7) is 15.9. The van der Waals surface area contributed by atoms with Crippen molar-refractivity contribution in [1.82, 2.24) is 4.58 Å². The standard InChI is InChI=1S/C67H64N3.BF3.FH/c1-47-31-37-61-59(45-47)66(3,4)63(68(61)43-41-51-23-17-21-49-19-13-15-29-57(49)51)39-35-53-33-34-54(65(53)70(55-25-9-7-10-26-55)56-27-11-8-12-28-56)36-40-64-67(5,6)60-46-48(2)32-38-62(60)69(64)44-42-52-24-18-22-50-20-14-16-30-58(50)52;2-1(3)4;/h7-32,35-40,45-46H,33-34,41-44H2,1-6H3;;1H/q+1;;/p-1. The van der Waals surface area contributed by atoms with Crippen LogP contribution in [0.4, 0.5) is 35.7 Å². The molecule has 3 nitrogen and oxygen atoms in total. The minimum Gasteiger partial charge on any atom is -1.00 e. The van der Waals surface area contributed by atoms with Crippen LogP contribution in [-0.2, 0) is 23.7 Å². The molecular weight excluding hydrogens is 934 g/mol. The van der Waals surface area contributed by atoms with Gasteiger partial charge in [-0.1, -0.05) is 197 Å². The second-order valence-electron chi connectivity index (χ2n) is 21.0. The second kappa shape index (κ2) is 22.0. The van der Waals surface area contributed by atoms with Gasteiger partial charge in [-0.05, 0) is 108 Å². The Labute approximate surface area is 441 Å². The molecule has 0 radical (unpaired) electrons. The zero-order valence-corrected chi connectivity index (χ0v) is 43.8. The third kappa shape index (κ3) is 10.5. The second-order valence-corrected chi connectivity index (χ2v) is 21.0. The van der Waals surface area contributed by atoms with E-state index < -0.39 is 7.54 Å². The summed E-state index contributed by atoms with van der Waals surface area (Å²) in [6.07, 6.45) is 13.7. The average molecular weight is 998 g/mol. The molecule has 2 aliphatic heterocycles. The normalized spacial score (nSPS) is 17.4. The summed E-state index contributed by atoms with van der Waals surface area (Å²) < 4.78 is 31.5. The van der Waals surface area contributed by atoms with E-state index in [1.165, 1.54) is 94.6 Å². The predicted octanol–water partition coefficient (Wildman–Crippen LogP) is 14.3. The first-order valence-electron chi connectivity index (χ1n) is 26.0. The number of nitrogens with zero attached hydrogens (tertiary/aromatic N) is 3. The first-order chi connectivity index (χ1) is 35.8. The molecule has 11 rings (SSSR count). The largest absolute Gasteiger partial charge is 1.00 e. The molecule has 0 atom stereocenters. The predicted molar refractivity (Wildman–Crippen MR) is 308 cm³/mol. The highest BCUT2D eigenvalue weighted by molar-refractivity contribution is 6.33. The van der Waals surface area contributed by atoms with Crippen molar-refractivity contribution in [1.29, 1.82) is 0 Å². The fourth-order valence-corrected chi connectivity index (χ4v) is 11.8. The first-order valence-corrected chi connectivity index (χ1v) is 26.0. The summed E-state index contributed by atoms with van der Waals surface area (Å²) >= 11 is 0. The van der Waals surface area contributed by atoms with E-state index in [2.05, 4.69) is 262 Å². The summed E-state index contributed by atoms with van der Waals surface area (Å²) in [5.41, 5.74) is 19.4. The molecule has 0 amide bonds. The molecule has 0 unspecified atom stereocenters. The molecule has 378 valence electrons. The molecule has 1 aliphatic carbocycles. The highest BCUT2D eigenvalue weighted by atomic mass is 19.4. The van der Waals surface area contributed by atoms with Crippen molar-refractivity contribution in [2.24, 2.45) is 0 Å². The SMILES string of the molecule is Cc1ccc2c(c1)C(C)(C)C(=CC=C1CC/C(=C\C=C3\N(CCc4cccc5ccccc45)c4ccc(C)cc4C3(C)C)C1=[N+](c1ccccc1)c1ccccc1)N2CCc1cccc2ccccc12.FB(F)F.[F-]. The van der Waals surface area contributed by atoms with Crippen LogP contribution in [0.3, 0.4) is 0 Å². The van der Waals surface area contributed by atoms with Gasteiger partial charge < -0.3 is 14.5 Å². The Morgan fingerprint density at radius 1 is 0.480 bits per heavy atom. The zero-order valence-electron chi connectivity index (χ0n) is 43.8. The fourth-order valence-electron chi connectivity index (χ4n) is 11.8. The zero-order chi connectivity index (χ0) is 51.6. The summed E-state index contributed by atoms with van der Waals surface area (Å²) in [7, 11) is -3.67. The Morgan fingerprint density at radius 3 is 1.27 bits per heavy atom. The molecule has 0 bridgehead atoms. The Balaban J connectivity index is 0.00000133. The van der Waals surface area contributed by atoms with Gasteiger partial charge in [0.15, 0.2) is 0 Å². The summed E-state index contributed by atoms with van der Waals surface area (Å²) in [5.74, 6) is 0. The maximum atomic E-state index is 9.67. The van der Waals surface area contributed by atoms with Gasteiger partial charge in [0.05, 0.1) is 0 Å². The highest BCUT2D eigenvalue weighted by Gasteiger charge is 2.42. The van der Waals surface area contributed by atoms with Gasteiger partial charge in [0, 0.05) is 82.1 Å². The topological polar surface area (TPSA) is 9.49 Å². The monoisotopic (exact) mass is 998 g/mol. The molecule has 8 heteroatoms. The Bertz CT molecular complexity index is 3290. The molecule has 0 N–H and O–H groups in total. The van der Waals surface area contributed by atoms with Gasteiger partial charge in [0.25, 0.3) is 0 Å². The summed E-state index contributed by atoms with van der Waals surface area (Å²) in [5, 5.41) is 5.28. The van der Waals surface area contributed by atoms with Crippen LogP contribution in [0, 0.1) is 13.8 Å². The van der Waals surface area contributed by atoms with Gasteiger partial charge in [-0.15, -0.1) is 0 Å². The first kappa shape index (κ1) is 52.2. The Morgan fingerprint density at radius 2 is 0.853 bits per heavy atom. The number of para-hydroxylation sites is 2. The van der Waals surface area contributed by atoms with Gasteiger partial charge in [-0.2, -0.15) is 4.58 Å². The van der Waals surface area contributed by atoms with Crippen LogP contribution in [0.2, 0.25) is 0 Å². The molecule has 1 fully saturated rings.